The molecule has 0 fully saturated rings. The predicted octanol–water partition coefficient (Wildman–Crippen LogP) is 2.42. The van der Waals surface area contributed by atoms with Gasteiger partial charge in [-0.05, 0) is 38.1 Å². The summed E-state index contributed by atoms with van der Waals surface area (Å²) in [5.41, 5.74) is 7.42. The van der Waals surface area contributed by atoms with Crippen LogP contribution in [0, 0.1) is 0 Å². The molecule has 0 spiro atoms. The van der Waals surface area contributed by atoms with Gasteiger partial charge in [0.05, 0.1) is 5.54 Å². The summed E-state index contributed by atoms with van der Waals surface area (Å²) in [5, 5.41) is 5.14. The summed E-state index contributed by atoms with van der Waals surface area (Å²) in [6.07, 6.45) is 2.03. The van der Waals surface area contributed by atoms with Crippen molar-refractivity contribution in [3.8, 4) is 11.4 Å². The maximum atomic E-state index is 5.94. The van der Waals surface area contributed by atoms with E-state index in [-0.39, 0.29) is 0 Å². The Morgan fingerprint density at radius 1 is 1.26 bits per heavy atom. The number of hydrogen-bond acceptors (Lipinski definition) is 4. The second kappa shape index (κ2) is 3.93. The highest BCUT2D eigenvalue weighted by molar-refractivity contribution is 5.84. The maximum Gasteiger partial charge on any atom is 0.246 e. The van der Waals surface area contributed by atoms with E-state index in [1.807, 2.05) is 45.3 Å². The molecule has 3 aromatic rings. The van der Waals surface area contributed by atoms with Crippen molar-refractivity contribution >= 4 is 10.9 Å². The first kappa shape index (κ1) is 11.9. The molecule has 19 heavy (non-hydrogen) atoms. The van der Waals surface area contributed by atoms with Crippen LogP contribution in [0.3, 0.4) is 0 Å². The highest BCUT2D eigenvalue weighted by Crippen LogP contribution is 2.24. The van der Waals surface area contributed by atoms with Crippen LogP contribution in [0.4, 0.5) is 0 Å². The third-order valence-corrected chi connectivity index (χ3v) is 3.12. The Balaban J connectivity index is 2.06. The van der Waals surface area contributed by atoms with Gasteiger partial charge in [-0.15, -0.1) is 0 Å². The van der Waals surface area contributed by atoms with Gasteiger partial charge in [0.15, 0.2) is 0 Å². The lowest BCUT2D eigenvalue weighted by Gasteiger charge is -2.10. The number of benzene rings is 1. The topological polar surface area (TPSA) is 69.9 Å². The fourth-order valence-corrected chi connectivity index (χ4v) is 2.02. The largest absolute Gasteiger partial charge is 0.351 e. The number of fused-ring (bicyclic) bond motifs is 1. The third kappa shape index (κ3) is 2.02. The van der Waals surface area contributed by atoms with Crippen molar-refractivity contribution in [3.63, 3.8) is 0 Å². The van der Waals surface area contributed by atoms with E-state index in [4.69, 9.17) is 10.3 Å². The van der Waals surface area contributed by atoms with E-state index in [9.17, 15) is 0 Å². The fraction of sp³-hybridized carbons (Fsp3) is 0.286. The summed E-state index contributed by atoms with van der Waals surface area (Å²) < 4.78 is 7.28. The second-order valence-electron chi connectivity index (χ2n) is 5.35. The normalized spacial score (nSPS) is 12.2. The van der Waals surface area contributed by atoms with E-state index in [0.717, 1.165) is 10.9 Å². The van der Waals surface area contributed by atoms with Gasteiger partial charge in [0, 0.05) is 29.7 Å². The number of rotatable bonds is 2. The van der Waals surface area contributed by atoms with Gasteiger partial charge in [-0.2, -0.15) is 4.98 Å². The summed E-state index contributed by atoms with van der Waals surface area (Å²) >= 11 is 0. The molecule has 0 aliphatic carbocycles. The Hall–Kier alpha value is -2.14. The molecule has 0 aliphatic rings. The highest BCUT2D eigenvalue weighted by atomic mass is 16.5. The molecule has 3 rings (SSSR count). The molecule has 0 aliphatic heterocycles. The number of nitrogens with zero attached hydrogens (tertiary/aromatic N) is 3. The van der Waals surface area contributed by atoms with E-state index in [1.54, 1.807) is 0 Å². The van der Waals surface area contributed by atoms with Crippen LogP contribution in [0.25, 0.3) is 22.3 Å². The minimum absolute atomic E-state index is 0.440. The van der Waals surface area contributed by atoms with Crippen LogP contribution in [0.5, 0.6) is 0 Å². The quantitative estimate of drug-likeness (QED) is 0.764. The van der Waals surface area contributed by atoms with Crippen LogP contribution in [-0.4, -0.2) is 14.7 Å². The predicted molar refractivity (Wildman–Crippen MR) is 73.4 cm³/mol. The summed E-state index contributed by atoms with van der Waals surface area (Å²) in [7, 11) is 2.02. The molecule has 5 nitrogen and oxygen atoms in total. The molecule has 2 N–H and O–H groups in total. The van der Waals surface area contributed by atoms with Gasteiger partial charge >= 0.3 is 0 Å². The van der Waals surface area contributed by atoms with Crippen molar-refractivity contribution in [2.45, 2.75) is 19.4 Å². The average molecular weight is 256 g/mol. The number of hydrogen-bond donors (Lipinski definition) is 1. The molecule has 98 valence electrons. The van der Waals surface area contributed by atoms with Crippen molar-refractivity contribution in [1.29, 1.82) is 0 Å². The summed E-state index contributed by atoms with van der Waals surface area (Å²) in [5.74, 6) is 1.01. The molecule has 0 amide bonds. The van der Waals surface area contributed by atoms with Crippen molar-refractivity contribution in [1.82, 2.24) is 14.7 Å². The van der Waals surface area contributed by atoms with E-state index in [1.165, 1.54) is 5.52 Å². The molecule has 0 radical (unpaired) electrons. The first-order valence-corrected chi connectivity index (χ1v) is 6.14. The van der Waals surface area contributed by atoms with Crippen molar-refractivity contribution < 1.29 is 4.52 Å². The third-order valence-electron chi connectivity index (χ3n) is 3.12. The zero-order valence-corrected chi connectivity index (χ0v) is 11.2. The van der Waals surface area contributed by atoms with Crippen LogP contribution in [0.2, 0.25) is 0 Å². The molecule has 0 saturated carbocycles. The SMILES string of the molecule is Cn1ccc2cc(-c3noc(C(C)(C)N)n3)ccc21. The zero-order chi connectivity index (χ0) is 13.6. The molecule has 1 aromatic carbocycles. The van der Waals surface area contributed by atoms with Gasteiger partial charge in [0.1, 0.15) is 0 Å². The molecular weight excluding hydrogens is 240 g/mol. The molecule has 0 atom stereocenters. The van der Waals surface area contributed by atoms with E-state index >= 15 is 0 Å². The van der Waals surface area contributed by atoms with E-state index < -0.39 is 5.54 Å². The Bertz CT molecular complexity index is 733. The standard InChI is InChI=1S/C14H16N4O/c1-14(2,15)13-16-12(17-19-13)10-4-5-11-9(8-10)6-7-18(11)3/h4-8H,15H2,1-3H3. The van der Waals surface area contributed by atoms with Gasteiger partial charge in [-0.25, -0.2) is 0 Å². The lowest BCUT2D eigenvalue weighted by atomic mass is 10.1. The van der Waals surface area contributed by atoms with Crippen molar-refractivity contribution in [3.05, 3.63) is 36.4 Å². The number of aryl methyl sites for hydroxylation is 1. The fourth-order valence-electron chi connectivity index (χ4n) is 2.02. The van der Waals surface area contributed by atoms with Gasteiger partial charge < -0.3 is 14.8 Å². The van der Waals surface area contributed by atoms with Gasteiger partial charge in [-0.3, -0.25) is 0 Å². The number of nitrogens with two attached hydrogens (primary N) is 1. The first-order valence-electron chi connectivity index (χ1n) is 6.14. The Morgan fingerprint density at radius 3 is 2.74 bits per heavy atom. The van der Waals surface area contributed by atoms with Gasteiger partial charge in [0.25, 0.3) is 0 Å². The van der Waals surface area contributed by atoms with Gasteiger partial charge in [0.2, 0.25) is 11.7 Å². The minimum Gasteiger partial charge on any atom is -0.351 e. The summed E-state index contributed by atoms with van der Waals surface area (Å²) in [4.78, 5) is 4.36. The van der Waals surface area contributed by atoms with Gasteiger partial charge in [-0.1, -0.05) is 5.16 Å². The minimum atomic E-state index is -0.623. The van der Waals surface area contributed by atoms with E-state index in [2.05, 4.69) is 20.8 Å². The van der Waals surface area contributed by atoms with Crippen LogP contribution in [0.1, 0.15) is 19.7 Å². The average Bonchev–Trinajstić information content (AvgIpc) is 2.95. The maximum absolute atomic E-state index is 5.94. The lowest BCUT2D eigenvalue weighted by Crippen LogP contribution is -2.28. The first-order chi connectivity index (χ1) is 8.95. The summed E-state index contributed by atoms with van der Waals surface area (Å²) in [6.45, 7) is 3.68. The van der Waals surface area contributed by atoms with Crippen LogP contribution in [-0.2, 0) is 12.6 Å². The number of aromatic nitrogens is 3. The van der Waals surface area contributed by atoms with Crippen molar-refractivity contribution in [2.75, 3.05) is 0 Å². The monoisotopic (exact) mass is 256 g/mol. The Labute approximate surface area is 111 Å². The molecular formula is C14H16N4O. The summed E-state index contributed by atoms with van der Waals surface area (Å²) in [6, 6.07) is 8.15. The Kier molecular flexibility index (Phi) is 2.46. The van der Waals surface area contributed by atoms with Crippen LogP contribution >= 0.6 is 0 Å². The molecule has 0 bridgehead atoms. The second-order valence-corrected chi connectivity index (χ2v) is 5.35. The van der Waals surface area contributed by atoms with Crippen LogP contribution < -0.4 is 5.73 Å². The Morgan fingerprint density at radius 2 is 2.05 bits per heavy atom. The highest BCUT2D eigenvalue weighted by Gasteiger charge is 2.22. The molecule has 5 heteroatoms. The smallest absolute Gasteiger partial charge is 0.246 e. The van der Waals surface area contributed by atoms with E-state index in [0.29, 0.717) is 11.7 Å². The lowest BCUT2D eigenvalue weighted by molar-refractivity contribution is 0.312. The van der Waals surface area contributed by atoms with Crippen molar-refractivity contribution in [2.24, 2.45) is 12.8 Å². The zero-order valence-electron chi connectivity index (χ0n) is 11.2. The molecule has 2 aromatic heterocycles. The van der Waals surface area contributed by atoms with Crippen LogP contribution in [0.15, 0.2) is 35.0 Å². The molecule has 2 heterocycles. The molecule has 0 saturated heterocycles. The molecule has 0 unspecified atom stereocenters.